The molecule has 0 aliphatic heterocycles. The first-order valence-electron chi connectivity index (χ1n) is 12.6. The van der Waals surface area contributed by atoms with E-state index in [9.17, 15) is 4.39 Å². The highest BCUT2D eigenvalue weighted by atomic mass is 19.1. The summed E-state index contributed by atoms with van der Waals surface area (Å²) in [6, 6.07) is 42.3. The second-order valence-electron chi connectivity index (χ2n) is 9.26. The van der Waals surface area contributed by atoms with Crippen LogP contribution in [0.3, 0.4) is 0 Å². The lowest BCUT2D eigenvalue weighted by Crippen LogP contribution is -2.38. The molecule has 186 valence electrons. The van der Waals surface area contributed by atoms with Gasteiger partial charge in [-0.1, -0.05) is 109 Å². The fraction of sp³-hybridized carbons (Fsp3) is 0.0606. The summed E-state index contributed by atoms with van der Waals surface area (Å²) >= 11 is 0. The Hall–Kier alpha value is -4.90. The van der Waals surface area contributed by atoms with Crippen LogP contribution in [0.5, 0.6) is 0 Å². The lowest BCUT2D eigenvalue weighted by Gasteiger charge is -2.37. The molecular formula is C33H27FN4. The van der Waals surface area contributed by atoms with Crippen LogP contribution in [0.2, 0.25) is 0 Å². The number of benzene rings is 5. The molecule has 0 atom stereocenters. The fourth-order valence-electron chi connectivity index (χ4n) is 5.40. The number of nitrogen functional groups attached to an aromatic ring is 1. The zero-order chi connectivity index (χ0) is 26.1. The smallest absolute Gasteiger partial charge is 0.155 e. The Morgan fingerprint density at radius 3 is 1.79 bits per heavy atom. The van der Waals surface area contributed by atoms with Crippen LogP contribution in [0.1, 0.15) is 16.7 Å². The summed E-state index contributed by atoms with van der Waals surface area (Å²) in [5.74, 6) is 0.288. The van der Waals surface area contributed by atoms with Gasteiger partial charge in [-0.15, -0.1) is 0 Å². The van der Waals surface area contributed by atoms with Crippen molar-refractivity contribution < 1.29 is 4.39 Å². The number of rotatable bonds is 6. The zero-order valence-corrected chi connectivity index (χ0v) is 21.0. The van der Waals surface area contributed by atoms with Crippen molar-refractivity contribution in [1.29, 1.82) is 0 Å². The van der Waals surface area contributed by atoms with Gasteiger partial charge in [-0.2, -0.15) is 5.10 Å². The van der Waals surface area contributed by atoms with Gasteiger partial charge in [0.25, 0.3) is 0 Å². The highest BCUT2D eigenvalue weighted by Gasteiger charge is 2.40. The maximum atomic E-state index is 15.0. The maximum absolute atomic E-state index is 15.0. The molecule has 1 heterocycles. The molecule has 0 amide bonds. The summed E-state index contributed by atoms with van der Waals surface area (Å²) in [7, 11) is 1.86. The van der Waals surface area contributed by atoms with Crippen molar-refractivity contribution in [1.82, 2.24) is 9.78 Å². The summed E-state index contributed by atoms with van der Waals surface area (Å²) in [4.78, 5) is 0. The number of nitrogens with two attached hydrogens (primary N) is 1. The molecule has 38 heavy (non-hydrogen) atoms. The number of anilines is 2. The number of nitrogens with zero attached hydrogens (tertiary/aromatic N) is 2. The maximum Gasteiger partial charge on any atom is 0.155 e. The van der Waals surface area contributed by atoms with Gasteiger partial charge in [0.15, 0.2) is 11.6 Å². The highest BCUT2D eigenvalue weighted by Crippen LogP contribution is 2.44. The lowest BCUT2D eigenvalue weighted by atomic mass is 9.77. The van der Waals surface area contributed by atoms with E-state index >= 15 is 0 Å². The van der Waals surface area contributed by atoms with Crippen LogP contribution in [-0.2, 0) is 5.54 Å². The Morgan fingerprint density at radius 2 is 1.26 bits per heavy atom. The average Bonchev–Trinajstić information content (AvgIpc) is 3.35. The number of fused-ring (bicyclic) bond motifs is 1. The first-order valence-corrected chi connectivity index (χ1v) is 12.6. The Bertz CT molecular complexity index is 1610. The summed E-state index contributed by atoms with van der Waals surface area (Å²) in [5.41, 5.74) is 10.6. The first-order chi connectivity index (χ1) is 18.6. The van der Waals surface area contributed by atoms with Crippen molar-refractivity contribution in [3.63, 3.8) is 0 Å². The van der Waals surface area contributed by atoms with Crippen molar-refractivity contribution in [2.45, 2.75) is 5.54 Å². The van der Waals surface area contributed by atoms with E-state index < -0.39 is 11.4 Å². The highest BCUT2D eigenvalue weighted by molar-refractivity contribution is 5.94. The normalized spacial score (nSPS) is 11.5. The van der Waals surface area contributed by atoms with E-state index in [2.05, 4.69) is 82.8 Å². The Morgan fingerprint density at radius 1 is 0.711 bits per heavy atom. The third kappa shape index (κ3) is 3.63. The van der Waals surface area contributed by atoms with E-state index in [4.69, 9.17) is 10.8 Å². The third-order valence-corrected chi connectivity index (χ3v) is 7.15. The number of aromatic nitrogens is 2. The van der Waals surface area contributed by atoms with Gasteiger partial charge in [0.05, 0.1) is 11.2 Å². The van der Waals surface area contributed by atoms with E-state index in [-0.39, 0.29) is 5.69 Å². The van der Waals surface area contributed by atoms with Gasteiger partial charge in [-0.05, 0) is 40.5 Å². The topological polar surface area (TPSA) is 55.9 Å². The molecule has 3 N–H and O–H groups in total. The minimum absolute atomic E-state index is 0.128. The van der Waals surface area contributed by atoms with Crippen molar-refractivity contribution in [3.8, 4) is 11.1 Å². The quantitative estimate of drug-likeness (QED) is 0.187. The van der Waals surface area contributed by atoms with Gasteiger partial charge < -0.3 is 11.1 Å². The van der Waals surface area contributed by atoms with Crippen LogP contribution in [0.25, 0.3) is 22.0 Å². The number of hydrogen-bond donors (Lipinski definition) is 2. The summed E-state index contributed by atoms with van der Waals surface area (Å²) in [5, 5.41) is 9.33. The minimum atomic E-state index is -0.763. The van der Waals surface area contributed by atoms with Gasteiger partial charge >= 0.3 is 0 Å². The van der Waals surface area contributed by atoms with Crippen molar-refractivity contribution in [2.24, 2.45) is 0 Å². The molecule has 0 aliphatic carbocycles. The Kier molecular flexibility index (Phi) is 5.89. The molecule has 1 aromatic heterocycles. The molecule has 0 spiro atoms. The van der Waals surface area contributed by atoms with Crippen molar-refractivity contribution in [3.05, 3.63) is 150 Å². The lowest BCUT2D eigenvalue weighted by molar-refractivity contribution is 0.477. The summed E-state index contributed by atoms with van der Waals surface area (Å²) in [6.45, 7) is 0. The monoisotopic (exact) mass is 498 g/mol. The SMILES string of the molecule is CNc1nn(C(c2ccccc2)(c2ccccc2)c2ccccc2)c2ccc(-c3cccc(N)c3F)cc12. The number of nitrogens with one attached hydrogen (secondary N) is 1. The summed E-state index contributed by atoms with van der Waals surface area (Å²) < 4.78 is 17.1. The first kappa shape index (κ1) is 23.5. The predicted molar refractivity (Wildman–Crippen MR) is 154 cm³/mol. The van der Waals surface area contributed by atoms with E-state index in [0.29, 0.717) is 11.4 Å². The second-order valence-corrected chi connectivity index (χ2v) is 9.26. The molecule has 4 nitrogen and oxygen atoms in total. The van der Waals surface area contributed by atoms with Gasteiger partial charge in [-0.25, -0.2) is 9.07 Å². The Balaban J connectivity index is 1.71. The van der Waals surface area contributed by atoms with Crippen LogP contribution < -0.4 is 11.1 Å². The van der Waals surface area contributed by atoms with Crippen molar-refractivity contribution >= 4 is 22.4 Å². The predicted octanol–water partition coefficient (Wildman–Crippen LogP) is 7.31. The molecule has 0 radical (unpaired) electrons. The van der Waals surface area contributed by atoms with Crippen LogP contribution in [0.15, 0.2) is 127 Å². The molecule has 0 saturated carbocycles. The molecule has 0 aliphatic rings. The van der Waals surface area contributed by atoms with Gasteiger partial charge in [0.2, 0.25) is 0 Å². The Labute approximate surface area is 221 Å². The molecule has 6 aromatic rings. The molecule has 6 rings (SSSR count). The van der Waals surface area contributed by atoms with Crippen LogP contribution in [0, 0.1) is 5.82 Å². The molecule has 5 heteroatoms. The molecule has 0 fully saturated rings. The fourth-order valence-corrected chi connectivity index (χ4v) is 5.40. The second kappa shape index (κ2) is 9.52. The number of hydrogen-bond acceptors (Lipinski definition) is 3. The average molecular weight is 499 g/mol. The van der Waals surface area contributed by atoms with Gasteiger partial charge in [0.1, 0.15) is 5.54 Å². The summed E-state index contributed by atoms with van der Waals surface area (Å²) in [6.07, 6.45) is 0. The third-order valence-electron chi connectivity index (χ3n) is 7.15. The van der Waals surface area contributed by atoms with Crippen molar-refractivity contribution in [2.75, 3.05) is 18.1 Å². The standard InChI is InChI=1S/C33H27FN4/c1-36-32-28-22-23(27-18-11-19-29(35)31(27)34)20-21-30(28)38(37-32)33(24-12-5-2-6-13-24,25-14-7-3-8-15-25)26-16-9-4-10-17-26/h2-22H,35H2,1H3,(H,36,37). The van der Waals surface area contributed by atoms with Gasteiger partial charge in [0, 0.05) is 18.0 Å². The molecular weight excluding hydrogens is 471 g/mol. The van der Waals surface area contributed by atoms with Gasteiger partial charge in [-0.3, -0.25) is 0 Å². The van der Waals surface area contributed by atoms with E-state index in [0.717, 1.165) is 33.2 Å². The van der Waals surface area contributed by atoms with Crippen LogP contribution in [0.4, 0.5) is 15.9 Å². The number of halogens is 1. The molecule has 5 aromatic carbocycles. The van der Waals surface area contributed by atoms with Crippen LogP contribution in [-0.4, -0.2) is 16.8 Å². The largest absolute Gasteiger partial charge is 0.396 e. The van der Waals surface area contributed by atoms with Crippen LogP contribution >= 0.6 is 0 Å². The molecule has 0 unspecified atom stereocenters. The molecule has 0 bridgehead atoms. The van der Waals surface area contributed by atoms with E-state index in [1.165, 1.54) is 0 Å². The van der Waals surface area contributed by atoms with E-state index in [1.54, 1.807) is 18.2 Å². The zero-order valence-electron chi connectivity index (χ0n) is 21.0. The minimum Gasteiger partial charge on any atom is -0.396 e. The van der Waals surface area contributed by atoms with E-state index in [1.807, 2.05) is 43.4 Å². The molecule has 0 saturated heterocycles.